The van der Waals surface area contributed by atoms with E-state index in [0.29, 0.717) is 17.3 Å². The fraction of sp³-hybridized carbons (Fsp3) is 0.667. The molecule has 0 aliphatic carbocycles. The van der Waals surface area contributed by atoms with Gasteiger partial charge in [0.15, 0.2) is 0 Å². The minimum atomic E-state index is -3.31. The first-order chi connectivity index (χ1) is 8.41. The van der Waals surface area contributed by atoms with Crippen molar-refractivity contribution in [2.75, 3.05) is 13.1 Å². The van der Waals surface area contributed by atoms with Gasteiger partial charge >= 0.3 is 0 Å². The van der Waals surface area contributed by atoms with Gasteiger partial charge in [0.1, 0.15) is 4.21 Å². The number of piperidine rings is 1. The highest BCUT2D eigenvalue weighted by atomic mass is 35.5. The molecular weight excluding hydrogens is 304 g/mol. The lowest BCUT2D eigenvalue weighted by Gasteiger charge is -2.33. The number of aryl methyl sites for hydroxylation is 1. The maximum Gasteiger partial charge on any atom is 0.252 e. The topological polar surface area (TPSA) is 63.4 Å². The number of nitrogens with two attached hydrogens (primary N) is 1. The van der Waals surface area contributed by atoms with E-state index in [0.717, 1.165) is 17.7 Å². The third kappa shape index (κ3) is 3.70. The smallest absolute Gasteiger partial charge is 0.252 e. The predicted octanol–water partition coefficient (Wildman–Crippen LogP) is 2.23. The van der Waals surface area contributed by atoms with Gasteiger partial charge in [-0.3, -0.25) is 0 Å². The summed E-state index contributed by atoms with van der Waals surface area (Å²) in [4.78, 5) is 1.02. The lowest BCUT2D eigenvalue weighted by atomic mass is 9.93. The second kappa shape index (κ2) is 6.54. The molecule has 2 atom stereocenters. The Morgan fingerprint density at radius 1 is 1.47 bits per heavy atom. The highest BCUT2D eigenvalue weighted by molar-refractivity contribution is 7.91. The number of sulfonamides is 1. The molecule has 2 unspecified atom stereocenters. The summed E-state index contributed by atoms with van der Waals surface area (Å²) >= 11 is 1.34. The van der Waals surface area contributed by atoms with Crippen LogP contribution in [0.5, 0.6) is 0 Å². The van der Waals surface area contributed by atoms with Gasteiger partial charge in [-0.2, -0.15) is 4.31 Å². The zero-order valence-corrected chi connectivity index (χ0v) is 13.7. The molecule has 1 aliphatic rings. The Bertz CT molecular complexity index is 514. The minimum absolute atomic E-state index is 0. The van der Waals surface area contributed by atoms with Gasteiger partial charge in [-0.05, 0) is 44.7 Å². The Labute approximate surface area is 125 Å². The lowest BCUT2D eigenvalue weighted by Crippen LogP contribution is -2.44. The van der Waals surface area contributed by atoms with Crippen LogP contribution in [0.3, 0.4) is 0 Å². The fourth-order valence-corrected chi connectivity index (χ4v) is 5.27. The van der Waals surface area contributed by atoms with Crippen LogP contribution in [0.4, 0.5) is 0 Å². The highest BCUT2D eigenvalue weighted by Crippen LogP contribution is 2.28. The first-order valence-electron chi connectivity index (χ1n) is 6.23. The summed E-state index contributed by atoms with van der Waals surface area (Å²) in [6, 6.07) is 3.60. The van der Waals surface area contributed by atoms with Gasteiger partial charge in [0.25, 0.3) is 10.0 Å². The number of halogens is 1. The van der Waals surface area contributed by atoms with Crippen molar-refractivity contribution in [1.82, 2.24) is 4.31 Å². The summed E-state index contributed by atoms with van der Waals surface area (Å²) < 4.78 is 27.0. The monoisotopic (exact) mass is 324 g/mol. The molecule has 0 amide bonds. The van der Waals surface area contributed by atoms with E-state index in [1.165, 1.54) is 11.3 Å². The molecule has 0 bridgehead atoms. The van der Waals surface area contributed by atoms with Crippen molar-refractivity contribution in [3.63, 3.8) is 0 Å². The maximum atomic E-state index is 12.5. The number of hydrogen-bond acceptors (Lipinski definition) is 4. The Hall–Kier alpha value is -0.140. The van der Waals surface area contributed by atoms with E-state index in [4.69, 9.17) is 5.73 Å². The second-order valence-electron chi connectivity index (χ2n) is 4.99. The van der Waals surface area contributed by atoms with Crippen LogP contribution in [-0.4, -0.2) is 31.9 Å². The molecule has 2 heterocycles. The number of nitrogens with zero attached hydrogens (tertiary/aromatic N) is 1. The second-order valence-corrected chi connectivity index (χ2v) is 8.44. The van der Waals surface area contributed by atoms with Crippen LogP contribution in [0.2, 0.25) is 0 Å². The van der Waals surface area contributed by atoms with E-state index >= 15 is 0 Å². The SMILES string of the molecule is Cc1ccc(S(=O)(=O)N2CCCC(C(C)N)C2)s1.Cl. The summed E-state index contributed by atoms with van der Waals surface area (Å²) in [7, 11) is -3.31. The van der Waals surface area contributed by atoms with Crippen molar-refractivity contribution in [1.29, 1.82) is 0 Å². The molecule has 7 heteroatoms. The zero-order chi connectivity index (χ0) is 13.3. The van der Waals surface area contributed by atoms with E-state index < -0.39 is 10.0 Å². The molecule has 1 aliphatic heterocycles. The average molecular weight is 325 g/mol. The number of rotatable bonds is 3. The van der Waals surface area contributed by atoms with Gasteiger partial charge in [-0.1, -0.05) is 0 Å². The molecule has 0 aromatic carbocycles. The summed E-state index contributed by atoms with van der Waals surface area (Å²) in [6.45, 7) is 5.04. The van der Waals surface area contributed by atoms with E-state index in [9.17, 15) is 8.42 Å². The van der Waals surface area contributed by atoms with E-state index in [-0.39, 0.29) is 24.4 Å². The average Bonchev–Trinajstić information content (AvgIpc) is 2.77. The van der Waals surface area contributed by atoms with Gasteiger partial charge in [0, 0.05) is 24.0 Å². The molecular formula is C12H21ClN2O2S2. The fourth-order valence-electron chi connectivity index (χ4n) is 2.30. The molecule has 2 rings (SSSR count). The Kier molecular flexibility index (Phi) is 5.82. The van der Waals surface area contributed by atoms with Crippen molar-refractivity contribution >= 4 is 33.8 Å². The molecule has 1 fully saturated rings. The van der Waals surface area contributed by atoms with E-state index in [2.05, 4.69) is 0 Å². The van der Waals surface area contributed by atoms with E-state index in [1.807, 2.05) is 19.9 Å². The van der Waals surface area contributed by atoms with Crippen LogP contribution in [0.15, 0.2) is 16.3 Å². The minimum Gasteiger partial charge on any atom is -0.328 e. The molecule has 2 N–H and O–H groups in total. The standard InChI is InChI=1S/C12H20N2O2S2.ClH/c1-9-5-6-12(17-9)18(15,16)14-7-3-4-11(8-14)10(2)13;/h5-6,10-11H,3-4,7-8,13H2,1-2H3;1H. The normalized spacial score (nSPS) is 22.8. The number of thiophene rings is 1. The summed E-state index contributed by atoms with van der Waals surface area (Å²) in [5.41, 5.74) is 5.90. The van der Waals surface area contributed by atoms with E-state index in [1.54, 1.807) is 10.4 Å². The van der Waals surface area contributed by atoms with Crippen LogP contribution in [-0.2, 0) is 10.0 Å². The van der Waals surface area contributed by atoms with Crippen LogP contribution in [0.1, 0.15) is 24.6 Å². The van der Waals surface area contributed by atoms with Crippen LogP contribution < -0.4 is 5.73 Å². The molecule has 1 saturated heterocycles. The Balaban J connectivity index is 0.00000180. The molecule has 19 heavy (non-hydrogen) atoms. The quantitative estimate of drug-likeness (QED) is 0.927. The highest BCUT2D eigenvalue weighted by Gasteiger charge is 2.32. The van der Waals surface area contributed by atoms with Gasteiger partial charge in [0.2, 0.25) is 0 Å². The van der Waals surface area contributed by atoms with Crippen molar-refractivity contribution in [3.05, 3.63) is 17.0 Å². The third-order valence-electron chi connectivity index (χ3n) is 3.47. The van der Waals surface area contributed by atoms with Crippen molar-refractivity contribution in [2.24, 2.45) is 11.7 Å². The molecule has 0 spiro atoms. The summed E-state index contributed by atoms with van der Waals surface area (Å²) in [5, 5.41) is 0. The van der Waals surface area contributed by atoms with Crippen molar-refractivity contribution < 1.29 is 8.42 Å². The molecule has 0 saturated carbocycles. The summed E-state index contributed by atoms with van der Waals surface area (Å²) in [6.07, 6.45) is 1.92. The predicted molar refractivity (Wildman–Crippen MR) is 81.4 cm³/mol. The van der Waals surface area contributed by atoms with Crippen LogP contribution in [0.25, 0.3) is 0 Å². The van der Waals surface area contributed by atoms with Crippen LogP contribution in [0, 0.1) is 12.8 Å². The van der Waals surface area contributed by atoms with Gasteiger partial charge < -0.3 is 5.73 Å². The Morgan fingerprint density at radius 2 is 2.16 bits per heavy atom. The molecule has 0 radical (unpaired) electrons. The first kappa shape index (κ1) is 16.9. The number of hydrogen-bond donors (Lipinski definition) is 1. The van der Waals surface area contributed by atoms with Gasteiger partial charge in [0.05, 0.1) is 0 Å². The molecule has 1 aromatic heterocycles. The largest absolute Gasteiger partial charge is 0.328 e. The summed E-state index contributed by atoms with van der Waals surface area (Å²) in [5.74, 6) is 0.273. The van der Waals surface area contributed by atoms with Crippen molar-refractivity contribution in [2.45, 2.75) is 36.9 Å². The zero-order valence-electron chi connectivity index (χ0n) is 11.2. The molecule has 4 nitrogen and oxygen atoms in total. The third-order valence-corrected chi connectivity index (χ3v) is 6.81. The molecule has 110 valence electrons. The van der Waals surface area contributed by atoms with Crippen LogP contribution >= 0.6 is 23.7 Å². The first-order valence-corrected chi connectivity index (χ1v) is 8.49. The van der Waals surface area contributed by atoms with Gasteiger partial charge in [-0.25, -0.2) is 8.42 Å². The Morgan fingerprint density at radius 3 is 2.68 bits per heavy atom. The van der Waals surface area contributed by atoms with Gasteiger partial charge in [-0.15, -0.1) is 23.7 Å². The molecule has 1 aromatic rings. The lowest BCUT2D eigenvalue weighted by molar-refractivity contribution is 0.243. The van der Waals surface area contributed by atoms with Crippen molar-refractivity contribution in [3.8, 4) is 0 Å². The maximum absolute atomic E-state index is 12.5.